The Morgan fingerprint density at radius 2 is 1.08 bits per heavy atom. The van der Waals surface area contributed by atoms with Crippen LogP contribution in [0.1, 0.15) is 44.4 Å². The smallest absolute Gasteiger partial charge is 0.186 e. The van der Waals surface area contributed by atoms with E-state index in [0.717, 1.165) is 16.7 Å². The molecule has 0 saturated carbocycles. The lowest BCUT2D eigenvalue weighted by Gasteiger charge is -2.45. The van der Waals surface area contributed by atoms with E-state index in [1.165, 1.54) is 0 Å². The highest BCUT2D eigenvalue weighted by Crippen LogP contribution is 2.43. The highest BCUT2D eigenvalue weighted by Gasteiger charge is 2.58. The lowest BCUT2D eigenvalue weighted by Crippen LogP contribution is -2.60. The fourth-order valence-corrected chi connectivity index (χ4v) is 7.25. The Morgan fingerprint density at radius 1 is 0.569 bits per heavy atom. The molecule has 0 amide bonds. The van der Waals surface area contributed by atoms with Gasteiger partial charge >= 0.3 is 0 Å². The van der Waals surface area contributed by atoms with Crippen molar-refractivity contribution in [3.63, 3.8) is 0 Å². The Bertz CT molecular complexity index is 1550. The maximum atomic E-state index is 6.76. The zero-order valence-electron chi connectivity index (χ0n) is 30.0. The van der Waals surface area contributed by atoms with Crippen LogP contribution < -0.4 is 0 Å². The molecule has 0 N–H and O–H groups in total. The van der Waals surface area contributed by atoms with E-state index in [9.17, 15) is 0 Å². The van der Waals surface area contributed by atoms with Crippen LogP contribution in [0.15, 0.2) is 103 Å². The van der Waals surface area contributed by atoms with Crippen LogP contribution in [0.5, 0.6) is 0 Å². The summed E-state index contributed by atoms with van der Waals surface area (Å²) in [6, 6.07) is 30.2. The second-order valence-electron chi connectivity index (χ2n) is 14.4. The minimum atomic E-state index is -0.776. The molecule has 0 radical (unpaired) electrons. The minimum absolute atomic E-state index is 0.299. The van der Waals surface area contributed by atoms with Gasteiger partial charge in [-0.3, -0.25) is 0 Å². The predicted molar refractivity (Wildman–Crippen MR) is 187 cm³/mol. The first-order chi connectivity index (χ1) is 24.7. The van der Waals surface area contributed by atoms with Crippen molar-refractivity contribution in [3.8, 4) is 0 Å². The number of benzene rings is 3. The summed E-state index contributed by atoms with van der Waals surface area (Å²) in [5, 5.41) is 0. The third-order valence-electron chi connectivity index (χ3n) is 9.63. The topological polar surface area (TPSA) is 92.3 Å². The Kier molecular flexibility index (Phi) is 11.4. The quantitative estimate of drug-likeness (QED) is 0.195. The average molecular weight is 703 g/mol. The maximum absolute atomic E-state index is 6.76. The number of hydrogen-bond acceptors (Lipinski definition) is 10. The third-order valence-corrected chi connectivity index (χ3v) is 9.63. The van der Waals surface area contributed by atoms with E-state index >= 15 is 0 Å². The molecule has 4 aliphatic rings. The van der Waals surface area contributed by atoms with Gasteiger partial charge in [-0.2, -0.15) is 0 Å². The summed E-state index contributed by atoms with van der Waals surface area (Å²) < 4.78 is 64.2. The van der Waals surface area contributed by atoms with Crippen LogP contribution >= 0.6 is 0 Å². The van der Waals surface area contributed by atoms with E-state index in [1.807, 2.05) is 131 Å². The molecular formula is C41H50O10. The molecule has 3 aromatic rings. The number of fused-ring (bicyclic) bond motifs is 1. The van der Waals surface area contributed by atoms with Crippen molar-refractivity contribution < 1.29 is 47.4 Å². The Labute approximate surface area is 300 Å². The standard InChI is InChI=1S/C41H50O10/c1-40(2)46-26-32(49-40)34-37-35(50-41(3,4)51-37)31(47-34)22-21-30-33(43-23-27-15-9-6-10-16-27)36(44-24-28-17-11-7-12-18-28)38(39(42-5)48-30)45-25-29-19-13-8-14-20-29/h6-22,30-39H,23-26H2,1-5H3/b22-21+/t30-,31+,32-,33-,34-,35-,36+,37+,38-,39+/m1/s1. The molecule has 0 unspecified atom stereocenters. The number of rotatable bonds is 13. The number of hydrogen-bond donors (Lipinski definition) is 0. The van der Waals surface area contributed by atoms with Crippen LogP contribution in [0.25, 0.3) is 0 Å². The van der Waals surface area contributed by atoms with Crippen molar-refractivity contribution in [2.24, 2.45) is 0 Å². The van der Waals surface area contributed by atoms with Crippen LogP contribution in [0, 0.1) is 0 Å². The van der Waals surface area contributed by atoms with Gasteiger partial charge in [0, 0.05) is 7.11 Å². The molecule has 51 heavy (non-hydrogen) atoms. The summed E-state index contributed by atoms with van der Waals surface area (Å²) in [7, 11) is 1.62. The predicted octanol–water partition coefficient (Wildman–Crippen LogP) is 6.11. The highest BCUT2D eigenvalue weighted by molar-refractivity contribution is 5.17. The highest BCUT2D eigenvalue weighted by atomic mass is 16.8. The van der Waals surface area contributed by atoms with E-state index in [-0.39, 0.29) is 24.4 Å². The second kappa shape index (κ2) is 15.9. The summed E-state index contributed by atoms with van der Waals surface area (Å²) >= 11 is 0. The second-order valence-corrected chi connectivity index (χ2v) is 14.4. The van der Waals surface area contributed by atoms with Crippen molar-refractivity contribution in [1.29, 1.82) is 0 Å². The molecule has 3 aromatic carbocycles. The van der Waals surface area contributed by atoms with Gasteiger partial charge < -0.3 is 47.4 Å². The van der Waals surface area contributed by atoms with Gasteiger partial charge in [0.2, 0.25) is 0 Å². The van der Waals surface area contributed by atoms with Crippen LogP contribution in [-0.4, -0.2) is 86.5 Å². The van der Waals surface area contributed by atoms with Crippen LogP contribution in [0.2, 0.25) is 0 Å². The molecule has 0 aliphatic carbocycles. The van der Waals surface area contributed by atoms with E-state index < -0.39 is 48.4 Å². The molecular weight excluding hydrogens is 652 g/mol. The lowest BCUT2D eigenvalue weighted by molar-refractivity contribution is -0.309. The molecule has 4 aliphatic heterocycles. The summed E-state index contributed by atoms with van der Waals surface area (Å²) in [5.41, 5.74) is 3.09. The molecule has 0 bridgehead atoms. The number of methoxy groups -OCH3 is 1. The van der Waals surface area contributed by atoms with E-state index in [2.05, 4.69) is 0 Å². The van der Waals surface area contributed by atoms with Crippen LogP contribution in [-0.2, 0) is 67.2 Å². The first kappa shape index (κ1) is 36.4. The minimum Gasteiger partial charge on any atom is -0.368 e. The van der Waals surface area contributed by atoms with Crippen molar-refractivity contribution in [1.82, 2.24) is 0 Å². The molecule has 0 spiro atoms. The number of ether oxygens (including phenoxy) is 10. The van der Waals surface area contributed by atoms with Gasteiger partial charge in [0.25, 0.3) is 0 Å². The van der Waals surface area contributed by atoms with Crippen molar-refractivity contribution in [2.75, 3.05) is 13.7 Å². The molecule has 274 valence electrons. The normalized spacial score (nSPS) is 34.2. The molecule has 10 nitrogen and oxygen atoms in total. The average Bonchev–Trinajstić information content (AvgIpc) is 3.78. The Morgan fingerprint density at radius 3 is 1.61 bits per heavy atom. The van der Waals surface area contributed by atoms with E-state index in [4.69, 9.17) is 47.4 Å². The molecule has 4 heterocycles. The van der Waals surface area contributed by atoms with Gasteiger partial charge in [0.15, 0.2) is 17.9 Å². The SMILES string of the molecule is CO[C@H]1O[C@H](/C=C/[C@@H]2O[C@H]([C@H]3COC(C)(C)O3)[C@@H]3OC(C)(C)O[C@@H]32)[C@@H](OCc2ccccc2)[C@H](OCc2ccccc2)[C@H]1OCc1ccccc1. The van der Waals surface area contributed by atoms with Gasteiger partial charge in [-0.25, -0.2) is 0 Å². The molecule has 0 aromatic heterocycles. The first-order valence-electron chi connectivity index (χ1n) is 17.8. The lowest BCUT2D eigenvalue weighted by atomic mass is 9.96. The maximum Gasteiger partial charge on any atom is 0.186 e. The largest absolute Gasteiger partial charge is 0.368 e. The third kappa shape index (κ3) is 8.80. The van der Waals surface area contributed by atoms with E-state index in [0.29, 0.717) is 26.4 Å². The summed E-state index contributed by atoms with van der Waals surface area (Å²) in [6.07, 6.45) is -0.920. The van der Waals surface area contributed by atoms with Crippen molar-refractivity contribution in [2.45, 2.75) is 120 Å². The van der Waals surface area contributed by atoms with Gasteiger partial charge in [-0.05, 0) is 44.4 Å². The Balaban J connectivity index is 1.17. The summed E-state index contributed by atoms with van der Waals surface area (Å²) in [6.45, 7) is 9.11. The van der Waals surface area contributed by atoms with Crippen molar-refractivity contribution >= 4 is 0 Å². The van der Waals surface area contributed by atoms with Gasteiger partial charge in [-0.1, -0.05) is 103 Å². The Hall–Kier alpha value is -3.00. The first-order valence-corrected chi connectivity index (χ1v) is 17.8. The summed E-state index contributed by atoms with van der Waals surface area (Å²) in [4.78, 5) is 0. The van der Waals surface area contributed by atoms with Crippen LogP contribution in [0.4, 0.5) is 0 Å². The van der Waals surface area contributed by atoms with Crippen molar-refractivity contribution in [3.05, 3.63) is 120 Å². The molecule has 4 fully saturated rings. The fourth-order valence-electron chi connectivity index (χ4n) is 7.25. The monoisotopic (exact) mass is 702 g/mol. The zero-order valence-corrected chi connectivity index (χ0v) is 30.0. The van der Waals surface area contributed by atoms with Gasteiger partial charge in [0.05, 0.1) is 26.4 Å². The molecule has 7 rings (SSSR count). The van der Waals surface area contributed by atoms with Gasteiger partial charge in [0.1, 0.15) is 54.9 Å². The van der Waals surface area contributed by atoms with Gasteiger partial charge in [-0.15, -0.1) is 0 Å². The fraction of sp³-hybridized carbons (Fsp3) is 0.512. The molecule has 4 saturated heterocycles. The molecule has 10 atom stereocenters. The zero-order chi connectivity index (χ0) is 35.4. The van der Waals surface area contributed by atoms with E-state index in [1.54, 1.807) is 7.11 Å². The summed E-state index contributed by atoms with van der Waals surface area (Å²) in [5.74, 6) is -1.48. The molecule has 10 heteroatoms. The van der Waals surface area contributed by atoms with Crippen LogP contribution in [0.3, 0.4) is 0 Å².